The van der Waals surface area contributed by atoms with Crippen molar-refractivity contribution >= 4 is 91.9 Å². The van der Waals surface area contributed by atoms with Gasteiger partial charge in [-0.2, -0.15) is 4.37 Å². The monoisotopic (exact) mass is 408 g/mol. The van der Waals surface area contributed by atoms with E-state index in [2.05, 4.69) is 15.1 Å². The van der Waals surface area contributed by atoms with Gasteiger partial charge in [0, 0.05) is 17.9 Å². The van der Waals surface area contributed by atoms with Gasteiger partial charge in [-0.15, -0.1) is 0 Å². The summed E-state index contributed by atoms with van der Waals surface area (Å²) in [6.07, 6.45) is 2.17. The van der Waals surface area contributed by atoms with Crippen molar-refractivity contribution in [1.29, 1.82) is 5.41 Å². The Morgan fingerprint density at radius 1 is 1.63 bits per heavy atom. The number of hydrogen-bond acceptors (Lipinski definition) is 6. The van der Waals surface area contributed by atoms with Crippen molar-refractivity contribution in [3.05, 3.63) is 10.8 Å². The molecule has 0 aliphatic carbocycles. The van der Waals surface area contributed by atoms with Crippen LogP contribution in [0.3, 0.4) is 0 Å². The van der Waals surface area contributed by atoms with Gasteiger partial charge < -0.3 is 10.8 Å². The molecule has 1 heterocycles. The minimum absolute atomic E-state index is 0.495. The Labute approximate surface area is 142 Å². The van der Waals surface area contributed by atoms with E-state index in [1.165, 1.54) is 17.9 Å². The molecule has 1 aromatic heterocycles. The Morgan fingerprint density at radius 3 is 2.00 bits per heavy atom. The maximum absolute atomic E-state index is 9.00. The van der Waals surface area contributed by atoms with Crippen LogP contribution in [0.15, 0.2) is 6.33 Å². The molecule has 0 spiro atoms. The van der Waals surface area contributed by atoms with Crippen LogP contribution < -0.4 is 5.73 Å². The van der Waals surface area contributed by atoms with Crippen molar-refractivity contribution in [2.24, 2.45) is 5.73 Å². The number of hydrogen-bond donors (Lipinski definition) is 3. The van der Waals surface area contributed by atoms with Crippen LogP contribution in [-0.4, -0.2) is 29.9 Å². The highest BCUT2D eigenvalue weighted by Crippen LogP contribution is 2.40. The third-order valence-electron chi connectivity index (χ3n) is 0.422. The zero-order chi connectivity index (χ0) is 15.9. The predicted octanol–water partition coefficient (Wildman–Crippen LogP) is 4.04. The first kappa shape index (κ1) is 24.3. The number of carbonyl (C=O) groups is 1. The summed E-state index contributed by atoms with van der Waals surface area (Å²) < 4.78 is 2.76. The Hall–Kier alpha value is 0.300. The van der Waals surface area contributed by atoms with Crippen LogP contribution in [-0.2, 0) is 4.79 Å². The molecule has 4 N–H and O–H groups in total. The van der Waals surface area contributed by atoms with E-state index in [0.717, 1.165) is 13.3 Å². The third-order valence-corrected chi connectivity index (χ3v) is 3.46. The molecule has 0 aliphatic heterocycles. The van der Waals surface area contributed by atoms with E-state index in [1.807, 2.05) is 0 Å². The number of rotatable bonds is 0. The molecular formula is C6H9Cl5N4O2S2. The average Bonchev–Trinajstić information content (AvgIpc) is 2.69. The van der Waals surface area contributed by atoms with Crippen LogP contribution in [0.1, 0.15) is 6.92 Å². The standard InChI is InChI=1S/C2HClN2S.C2H4O2.CCl4S.CH4N2/c3-2-4-1-5-6-2;1-2(3)4;2-1(3,4)6-5;2-1-3/h1H;1H3,(H,3,4);;1H,(H3,2,3). The number of aromatic nitrogens is 2. The van der Waals surface area contributed by atoms with E-state index in [4.69, 9.17) is 72.4 Å². The zero-order valence-corrected chi connectivity index (χ0v) is 14.6. The number of aliphatic carboxylic acids is 1. The minimum atomic E-state index is -1.36. The van der Waals surface area contributed by atoms with Crippen LogP contribution in [0.5, 0.6) is 0 Å². The second-order valence-corrected chi connectivity index (χ2v) is 7.45. The molecule has 0 saturated carbocycles. The summed E-state index contributed by atoms with van der Waals surface area (Å²) in [5, 5.41) is 13.3. The predicted molar refractivity (Wildman–Crippen MR) is 84.9 cm³/mol. The van der Waals surface area contributed by atoms with Gasteiger partial charge in [0.2, 0.25) is 4.47 Å². The molecule has 6 nitrogen and oxygen atoms in total. The maximum atomic E-state index is 9.00. The van der Waals surface area contributed by atoms with Crippen molar-refractivity contribution in [2.45, 2.75) is 10.0 Å². The topological polar surface area (TPSA) is 113 Å². The van der Waals surface area contributed by atoms with Gasteiger partial charge in [-0.25, -0.2) is 4.98 Å². The van der Waals surface area contributed by atoms with Crippen molar-refractivity contribution < 1.29 is 9.90 Å². The summed E-state index contributed by atoms with van der Waals surface area (Å²) in [4.78, 5) is 12.6. The number of halogens is 5. The summed E-state index contributed by atoms with van der Waals surface area (Å²) in [6.45, 7) is 1.08. The molecule has 0 aliphatic rings. The summed E-state index contributed by atoms with van der Waals surface area (Å²) in [5.74, 6) is -0.833. The normalized spacial score (nSPS) is 8.53. The molecule has 0 radical (unpaired) electrons. The molecule has 0 unspecified atom stereocenters. The van der Waals surface area contributed by atoms with Crippen molar-refractivity contribution in [3.8, 4) is 0 Å². The smallest absolute Gasteiger partial charge is 0.300 e. The lowest BCUT2D eigenvalue weighted by Gasteiger charge is -1.99. The van der Waals surface area contributed by atoms with E-state index < -0.39 is 9.09 Å². The fraction of sp³-hybridized carbons (Fsp3) is 0.333. The van der Waals surface area contributed by atoms with Gasteiger partial charge in [0.05, 0.1) is 6.34 Å². The van der Waals surface area contributed by atoms with Crippen molar-refractivity contribution in [2.75, 3.05) is 0 Å². The summed E-state index contributed by atoms with van der Waals surface area (Å²) in [6, 6.07) is 0. The molecule has 0 bridgehead atoms. The second kappa shape index (κ2) is 16.4. The quantitative estimate of drug-likeness (QED) is 0.338. The Kier molecular flexibility index (Phi) is 20.9. The van der Waals surface area contributed by atoms with Crippen LogP contribution in [0.4, 0.5) is 0 Å². The van der Waals surface area contributed by atoms with Gasteiger partial charge in [0.15, 0.2) is 0 Å². The number of carboxylic acids is 1. The number of nitrogens with one attached hydrogen (secondary N) is 1. The Morgan fingerprint density at radius 2 is 1.95 bits per heavy atom. The second-order valence-electron chi connectivity index (χ2n) is 1.90. The fourth-order valence-corrected chi connectivity index (χ4v) is 0.598. The van der Waals surface area contributed by atoms with Gasteiger partial charge in [-0.3, -0.25) is 10.2 Å². The van der Waals surface area contributed by atoms with E-state index in [9.17, 15) is 0 Å². The van der Waals surface area contributed by atoms with Gasteiger partial charge in [0.1, 0.15) is 6.33 Å². The Bertz CT molecular complexity index is 318. The van der Waals surface area contributed by atoms with Gasteiger partial charge in [-0.05, 0) is 33.8 Å². The first-order valence-electron chi connectivity index (χ1n) is 3.79. The summed E-state index contributed by atoms with van der Waals surface area (Å²) in [7, 11) is 5.65. The lowest BCUT2D eigenvalue weighted by atomic mass is 10.9. The lowest BCUT2D eigenvalue weighted by molar-refractivity contribution is -0.134. The molecule has 0 saturated heterocycles. The zero-order valence-electron chi connectivity index (χ0n) is 9.19. The Balaban J connectivity index is -0.000000187. The summed E-state index contributed by atoms with van der Waals surface area (Å²) >= 11 is 21.7. The SMILES string of the molecule is CC(=O)O.ClSC(Cl)(Cl)Cl.Clc1ncns1.N=CN. The molecule has 0 fully saturated rings. The highest BCUT2D eigenvalue weighted by atomic mass is 35.7. The van der Waals surface area contributed by atoms with Gasteiger partial charge in [0.25, 0.3) is 9.09 Å². The number of carboxylic acid groups (broad SMARTS) is 1. The molecular weight excluding hydrogens is 401 g/mol. The molecule has 13 heteroatoms. The van der Waals surface area contributed by atoms with E-state index in [0.29, 0.717) is 15.4 Å². The van der Waals surface area contributed by atoms with E-state index in [-0.39, 0.29) is 0 Å². The van der Waals surface area contributed by atoms with Gasteiger partial charge in [-0.1, -0.05) is 34.8 Å². The molecule has 19 heavy (non-hydrogen) atoms. The van der Waals surface area contributed by atoms with Crippen LogP contribution in [0, 0.1) is 5.41 Å². The van der Waals surface area contributed by atoms with E-state index >= 15 is 0 Å². The molecule has 0 atom stereocenters. The maximum Gasteiger partial charge on any atom is 0.300 e. The van der Waals surface area contributed by atoms with Crippen molar-refractivity contribution in [1.82, 2.24) is 9.36 Å². The average molecular weight is 411 g/mol. The first-order valence-corrected chi connectivity index (χ1v) is 7.72. The molecule has 1 aromatic rings. The molecule has 1 rings (SSSR count). The van der Waals surface area contributed by atoms with Gasteiger partial charge >= 0.3 is 0 Å². The van der Waals surface area contributed by atoms with Crippen molar-refractivity contribution in [3.63, 3.8) is 0 Å². The molecule has 112 valence electrons. The number of nitrogens with zero attached hydrogens (tertiary/aromatic N) is 2. The number of alkyl halides is 3. The van der Waals surface area contributed by atoms with E-state index in [1.54, 1.807) is 0 Å². The minimum Gasteiger partial charge on any atom is -0.481 e. The van der Waals surface area contributed by atoms with Crippen LogP contribution >= 0.6 is 79.6 Å². The third kappa shape index (κ3) is 45.8. The highest BCUT2D eigenvalue weighted by molar-refractivity contribution is 8.24. The molecule has 0 amide bonds. The van der Waals surface area contributed by atoms with Crippen LogP contribution in [0.2, 0.25) is 4.47 Å². The fourth-order valence-electron chi connectivity index (χ4n) is 0.160. The van der Waals surface area contributed by atoms with Crippen LogP contribution in [0.25, 0.3) is 0 Å². The first-order chi connectivity index (χ1) is 8.60. The molecule has 0 aromatic carbocycles. The highest BCUT2D eigenvalue weighted by Gasteiger charge is 2.17. The number of nitrogens with two attached hydrogens (primary N) is 1. The lowest BCUT2D eigenvalue weighted by Crippen LogP contribution is -1.86. The largest absolute Gasteiger partial charge is 0.481 e. The summed E-state index contributed by atoms with van der Waals surface area (Å²) in [5.41, 5.74) is 4.39.